The molecule has 0 aliphatic rings. The van der Waals surface area contributed by atoms with E-state index < -0.39 is 5.97 Å². The highest BCUT2D eigenvalue weighted by Crippen LogP contribution is 2.15. The fourth-order valence-electron chi connectivity index (χ4n) is 1.94. The molecule has 1 amide bonds. The summed E-state index contributed by atoms with van der Waals surface area (Å²) in [5.41, 5.74) is 0.211. The molecule has 21 heavy (non-hydrogen) atoms. The van der Waals surface area contributed by atoms with Crippen molar-refractivity contribution in [1.82, 2.24) is 9.88 Å². The minimum atomic E-state index is -1.14. The number of aromatic nitrogens is 1. The maximum Gasteiger partial charge on any atom is 0.354 e. The number of carboxylic acids is 1. The number of carbonyl (C=O) groups excluding carboxylic acids is 1. The van der Waals surface area contributed by atoms with Crippen LogP contribution in [0, 0.1) is 0 Å². The highest BCUT2D eigenvalue weighted by Gasteiger charge is 2.19. The second-order valence-corrected chi connectivity index (χ2v) is 5.82. The molecule has 1 N–H and O–H groups in total. The van der Waals surface area contributed by atoms with E-state index in [2.05, 4.69) is 4.98 Å². The van der Waals surface area contributed by atoms with Gasteiger partial charge in [-0.3, -0.25) is 4.79 Å². The molecule has 2 rings (SSSR count). The Morgan fingerprint density at radius 2 is 2.19 bits per heavy atom. The van der Waals surface area contributed by atoms with Crippen molar-refractivity contribution in [2.75, 3.05) is 7.05 Å². The average molecular weight is 304 g/mol. The molecule has 1 atom stereocenters. The smallest absolute Gasteiger partial charge is 0.354 e. The van der Waals surface area contributed by atoms with Crippen molar-refractivity contribution in [2.45, 2.75) is 19.4 Å². The third-order valence-corrected chi connectivity index (χ3v) is 4.18. The van der Waals surface area contributed by atoms with Crippen molar-refractivity contribution < 1.29 is 14.7 Å². The summed E-state index contributed by atoms with van der Waals surface area (Å²) in [4.78, 5) is 29.9. The molecule has 1 unspecified atom stereocenters. The van der Waals surface area contributed by atoms with Crippen LogP contribution in [0.15, 0.2) is 35.8 Å². The lowest BCUT2D eigenvalue weighted by Crippen LogP contribution is -2.36. The number of carboxylic acid groups (broad SMARTS) is 1. The van der Waals surface area contributed by atoms with Crippen molar-refractivity contribution in [1.29, 1.82) is 0 Å². The average Bonchev–Trinajstić information content (AvgIpc) is 2.98. The van der Waals surface area contributed by atoms with Crippen molar-refractivity contribution in [3.8, 4) is 0 Å². The highest BCUT2D eigenvalue weighted by atomic mass is 32.1. The summed E-state index contributed by atoms with van der Waals surface area (Å²) < 4.78 is 0. The fraction of sp³-hybridized carbons (Fsp3) is 0.267. The third-order valence-electron chi connectivity index (χ3n) is 3.28. The van der Waals surface area contributed by atoms with Crippen LogP contribution < -0.4 is 0 Å². The van der Waals surface area contributed by atoms with Crippen LogP contribution in [0.25, 0.3) is 0 Å². The van der Waals surface area contributed by atoms with Crippen molar-refractivity contribution in [2.24, 2.45) is 0 Å². The van der Waals surface area contributed by atoms with Gasteiger partial charge in [0.1, 0.15) is 5.69 Å². The molecular weight excluding hydrogens is 288 g/mol. The van der Waals surface area contributed by atoms with Gasteiger partial charge in [-0.25, -0.2) is 9.78 Å². The minimum Gasteiger partial charge on any atom is -0.477 e. The van der Waals surface area contributed by atoms with E-state index in [0.29, 0.717) is 5.56 Å². The zero-order chi connectivity index (χ0) is 15.4. The Kier molecular flexibility index (Phi) is 4.70. The molecule has 2 aromatic heterocycles. The van der Waals surface area contributed by atoms with Crippen molar-refractivity contribution in [3.63, 3.8) is 0 Å². The van der Waals surface area contributed by atoms with Gasteiger partial charge in [0.05, 0.1) is 0 Å². The van der Waals surface area contributed by atoms with Gasteiger partial charge >= 0.3 is 5.97 Å². The number of pyridine rings is 1. The SMILES string of the molecule is CC(Cc1cccs1)N(C)C(=O)c1ccnc(C(=O)O)c1. The molecule has 0 saturated heterocycles. The second-order valence-electron chi connectivity index (χ2n) is 4.78. The number of nitrogens with zero attached hydrogens (tertiary/aromatic N) is 2. The van der Waals surface area contributed by atoms with Gasteiger partial charge in [0, 0.05) is 36.1 Å². The van der Waals surface area contributed by atoms with E-state index in [0.717, 1.165) is 6.42 Å². The van der Waals surface area contributed by atoms with Gasteiger partial charge in [0.25, 0.3) is 5.91 Å². The zero-order valence-electron chi connectivity index (χ0n) is 11.8. The van der Waals surface area contributed by atoms with Crippen LogP contribution in [0.5, 0.6) is 0 Å². The fourth-order valence-corrected chi connectivity index (χ4v) is 2.77. The van der Waals surface area contributed by atoms with Crippen molar-refractivity contribution >= 4 is 23.2 Å². The molecule has 0 spiro atoms. The number of hydrogen-bond donors (Lipinski definition) is 1. The van der Waals surface area contributed by atoms with Crippen LogP contribution in [-0.2, 0) is 6.42 Å². The highest BCUT2D eigenvalue weighted by molar-refractivity contribution is 7.09. The number of likely N-dealkylation sites (N-methyl/N-ethyl adjacent to an activating group) is 1. The third kappa shape index (κ3) is 3.66. The Morgan fingerprint density at radius 3 is 2.81 bits per heavy atom. The predicted molar refractivity (Wildman–Crippen MR) is 80.8 cm³/mol. The molecule has 0 bridgehead atoms. The standard InChI is InChI=1S/C15H16N2O3S/c1-10(8-12-4-3-7-21-12)17(2)14(18)11-5-6-16-13(9-11)15(19)20/h3-7,9-10H,8H2,1-2H3,(H,19,20). The van der Waals surface area contributed by atoms with Crippen molar-refractivity contribution in [3.05, 3.63) is 52.0 Å². The number of hydrogen-bond acceptors (Lipinski definition) is 4. The largest absolute Gasteiger partial charge is 0.477 e. The Labute approximate surface area is 126 Å². The Morgan fingerprint density at radius 1 is 1.43 bits per heavy atom. The summed E-state index contributed by atoms with van der Waals surface area (Å²) in [6, 6.07) is 6.88. The molecule has 0 aliphatic heterocycles. The number of thiophene rings is 1. The molecule has 0 aromatic carbocycles. The Hall–Kier alpha value is -2.21. The summed E-state index contributed by atoms with van der Waals surface area (Å²) in [6.07, 6.45) is 2.12. The number of rotatable bonds is 5. The van der Waals surface area contributed by atoms with Gasteiger partial charge in [-0.15, -0.1) is 11.3 Å². The molecule has 0 fully saturated rings. The number of amides is 1. The lowest BCUT2D eigenvalue weighted by atomic mass is 10.1. The number of aromatic carboxylic acids is 1. The van der Waals surface area contributed by atoms with Gasteiger partial charge in [-0.1, -0.05) is 6.07 Å². The molecule has 5 nitrogen and oxygen atoms in total. The summed E-state index contributed by atoms with van der Waals surface area (Å²) >= 11 is 1.66. The van der Waals surface area contributed by atoms with E-state index >= 15 is 0 Å². The summed E-state index contributed by atoms with van der Waals surface area (Å²) in [5.74, 6) is -1.34. The summed E-state index contributed by atoms with van der Waals surface area (Å²) in [7, 11) is 1.72. The van der Waals surface area contributed by atoms with Crippen LogP contribution in [0.1, 0.15) is 32.6 Å². The molecule has 0 radical (unpaired) electrons. The predicted octanol–water partition coefficient (Wildman–Crippen LogP) is 2.54. The van der Waals surface area contributed by atoms with Gasteiger partial charge in [-0.2, -0.15) is 0 Å². The van der Waals surface area contributed by atoms with E-state index in [1.807, 2.05) is 24.4 Å². The molecule has 2 heterocycles. The number of carbonyl (C=O) groups is 2. The first-order valence-corrected chi connectivity index (χ1v) is 7.36. The molecule has 0 saturated carbocycles. The lowest BCUT2D eigenvalue weighted by Gasteiger charge is -2.24. The van der Waals surface area contributed by atoms with E-state index in [-0.39, 0.29) is 17.6 Å². The topological polar surface area (TPSA) is 70.5 Å². The van der Waals surface area contributed by atoms with Crippen LogP contribution in [0.3, 0.4) is 0 Å². The first-order chi connectivity index (χ1) is 9.99. The van der Waals surface area contributed by atoms with Crippen LogP contribution >= 0.6 is 11.3 Å². The molecule has 2 aromatic rings. The van der Waals surface area contributed by atoms with E-state index in [1.165, 1.54) is 23.2 Å². The Bertz CT molecular complexity index is 640. The zero-order valence-corrected chi connectivity index (χ0v) is 12.6. The van der Waals surface area contributed by atoms with Gasteiger partial charge < -0.3 is 10.0 Å². The van der Waals surface area contributed by atoms with Gasteiger partial charge in [0.2, 0.25) is 0 Å². The second kappa shape index (κ2) is 6.49. The van der Waals surface area contributed by atoms with Crippen LogP contribution in [0.4, 0.5) is 0 Å². The van der Waals surface area contributed by atoms with Gasteiger partial charge in [0.15, 0.2) is 0 Å². The normalized spacial score (nSPS) is 11.9. The minimum absolute atomic E-state index is 0.0255. The first kappa shape index (κ1) is 15.2. The lowest BCUT2D eigenvalue weighted by molar-refractivity contribution is 0.0690. The van der Waals surface area contributed by atoms with Gasteiger partial charge in [-0.05, 0) is 30.5 Å². The van der Waals surface area contributed by atoms with E-state index in [4.69, 9.17) is 5.11 Å². The molecule has 6 heteroatoms. The van der Waals surface area contributed by atoms with E-state index in [1.54, 1.807) is 23.3 Å². The van der Waals surface area contributed by atoms with E-state index in [9.17, 15) is 9.59 Å². The molecular formula is C15H16N2O3S. The Balaban J connectivity index is 2.11. The summed E-state index contributed by atoms with van der Waals surface area (Å²) in [5, 5.41) is 10.9. The summed E-state index contributed by atoms with van der Waals surface area (Å²) in [6.45, 7) is 1.97. The molecule has 110 valence electrons. The monoisotopic (exact) mass is 304 g/mol. The van der Waals surface area contributed by atoms with Crippen LogP contribution in [0.2, 0.25) is 0 Å². The maximum absolute atomic E-state index is 12.4. The first-order valence-electron chi connectivity index (χ1n) is 6.48. The maximum atomic E-state index is 12.4. The quantitative estimate of drug-likeness (QED) is 0.921. The molecule has 0 aliphatic carbocycles. The van der Waals surface area contributed by atoms with Crippen LogP contribution in [-0.4, -0.2) is 40.0 Å².